The Balaban J connectivity index is 2.54. The molecule has 0 amide bonds. The monoisotopic (exact) mass is 170 g/mol. The molecule has 1 aromatic heterocycles. The summed E-state index contributed by atoms with van der Waals surface area (Å²) < 4.78 is 1.93. The number of rotatable bonds is 1. The standard InChI is InChI=1S/C11H10N2/c12-10-6-2-3-7-11(10)13-8-4-1-5-9-13/h1-9,12H. The summed E-state index contributed by atoms with van der Waals surface area (Å²) in [5.74, 6) is 0. The fraction of sp³-hybridized carbons (Fsp3) is 0. The van der Waals surface area contributed by atoms with Crippen LogP contribution in [0.25, 0.3) is 11.4 Å². The molecule has 64 valence electrons. The van der Waals surface area contributed by atoms with Crippen molar-refractivity contribution in [1.82, 2.24) is 0 Å². The molecule has 1 aromatic carbocycles. The summed E-state index contributed by atoms with van der Waals surface area (Å²) in [5, 5.41) is 0. The molecular weight excluding hydrogens is 160 g/mol. The third kappa shape index (κ3) is 1.51. The van der Waals surface area contributed by atoms with E-state index in [1.165, 1.54) is 0 Å². The molecule has 0 saturated carbocycles. The topological polar surface area (TPSA) is 27.7 Å². The molecule has 0 aliphatic heterocycles. The van der Waals surface area contributed by atoms with Crippen LogP contribution in [0.4, 0.5) is 5.69 Å². The van der Waals surface area contributed by atoms with E-state index >= 15 is 0 Å². The largest absolute Gasteiger partial charge is 0.693 e. The van der Waals surface area contributed by atoms with Gasteiger partial charge in [-0.3, -0.25) is 0 Å². The molecule has 0 atom stereocenters. The first-order valence-corrected chi connectivity index (χ1v) is 4.15. The number of hydrogen-bond acceptors (Lipinski definition) is 0. The predicted octanol–water partition coefficient (Wildman–Crippen LogP) is 2.65. The molecule has 2 nitrogen and oxygen atoms in total. The lowest BCUT2D eigenvalue weighted by molar-refractivity contribution is -0.594. The van der Waals surface area contributed by atoms with E-state index in [0.29, 0.717) is 5.69 Å². The zero-order valence-electron chi connectivity index (χ0n) is 7.14. The lowest BCUT2D eigenvalue weighted by Crippen LogP contribution is -2.28. The normalized spacial score (nSPS) is 9.85. The van der Waals surface area contributed by atoms with Crippen molar-refractivity contribution < 1.29 is 4.57 Å². The van der Waals surface area contributed by atoms with Gasteiger partial charge in [0.2, 0.25) is 0 Å². The smallest absolute Gasteiger partial charge is 0.195 e. The molecule has 1 heterocycles. The Morgan fingerprint density at radius 2 is 1.54 bits per heavy atom. The molecule has 0 aliphatic carbocycles. The van der Waals surface area contributed by atoms with Gasteiger partial charge in [-0.25, -0.2) is 0 Å². The van der Waals surface area contributed by atoms with Crippen molar-refractivity contribution in [3.8, 4) is 5.69 Å². The molecule has 0 spiro atoms. The number of para-hydroxylation sites is 1. The van der Waals surface area contributed by atoms with Gasteiger partial charge in [0, 0.05) is 18.2 Å². The molecule has 0 radical (unpaired) electrons. The Hall–Kier alpha value is -1.83. The van der Waals surface area contributed by atoms with Crippen LogP contribution in [-0.4, -0.2) is 0 Å². The van der Waals surface area contributed by atoms with Crippen LogP contribution in [-0.2, 0) is 0 Å². The van der Waals surface area contributed by atoms with Crippen LogP contribution in [0.1, 0.15) is 0 Å². The van der Waals surface area contributed by atoms with Crippen molar-refractivity contribution in [2.75, 3.05) is 0 Å². The fourth-order valence-electron chi connectivity index (χ4n) is 1.26. The first kappa shape index (κ1) is 7.80. The number of pyridine rings is 1. The Bertz CT molecular complexity index is 396. The summed E-state index contributed by atoms with van der Waals surface area (Å²) in [6, 6.07) is 13.4. The van der Waals surface area contributed by atoms with E-state index in [9.17, 15) is 0 Å². The molecule has 0 unspecified atom stereocenters. The quantitative estimate of drug-likeness (QED) is 0.588. The summed E-state index contributed by atoms with van der Waals surface area (Å²) in [6.07, 6.45) is 3.88. The Labute approximate surface area is 77.3 Å². The van der Waals surface area contributed by atoms with Gasteiger partial charge in [0.05, 0.1) is 0 Å². The van der Waals surface area contributed by atoms with Gasteiger partial charge in [0.25, 0.3) is 0 Å². The van der Waals surface area contributed by atoms with E-state index in [2.05, 4.69) is 0 Å². The Morgan fingerprint density at radius 3 is 2.23 bits per heavy atom. The second kappa shape index (κ2) is 3.27. The van der Waals surface area contributed by atoms with Crippen LogP contribution >= 0.6 is 0 Å². The Morgan fingerprint density at radius 1 is 0.846 bits per heavy atom. The molecule has 0 aliphatic rings. The van der Waals surface area contributed by atoms with Crippen molar-refractivity contribution in [1.29, 1.82) is 0 Å². The maximum absolute atomic E-state index is 7.69. The zero-order chi connectivity index (χ0) is 9.10. The average molecular weight is 170 g/mol. The minimum absolute atomic E-state index is 0.540. The molecule has 13 heavy (non-hydrogen) atoms. The molecule has 0 fully saturated rings. The highest BCUT2D eigenvalue weighted by atomic mass is 15.0. The zero-order valence-corrected chi connectivity index (χ0v) is 7.14. The highest BCUT2D eigenvalue weighted by Gasteiger charge is 2.02. The highest BCUT2D eigenvalue weighted by molar-refractivity contribution is 5.55. The summed E-state index contributed by atoms with van der Waals surface area (Å²) >= 11 is 0. The van der Waals surface area contributed by atoms with Gasteiger partial charge in [-0.1, -0.05) is 30.0 Å². The Kier molecular flexibility index (Phi) is 1.96. The number of nitrogens with one attached hydrogen (secondary N) is 1. The summed E-state index contributed by atoms with van der Waals surface area (Å²) in [7, 11) is 0. The number of nitrogens with zero attached hydrogens (tertiary/aromatic N) is 1. The second-order valence-corrected chi connectivity index (χ2v) is 2.80. The van der Waals surface area contributed by atoms with E-state index in [4.69, 9.17) is 5.73 Å². The van der Waals surface area contributed by atoms with Crippen molar-refractivity contribution in [3.05, 3.63) is 60.6 Å². The van der Waals surface area contributed by atoms with E-state index in [0.717, 1.165) is 5.69 Å². The second-order valence-electron chi connectivity index (χ2n) is 2.80. The average Bonchev–Trinajstić information content (AvgIpc) is 2.20. The van der Waals surface area contributed by atoms with Gasteiger partial charge >= 0.3 is 0 Å². The third-order valence-electron chi connectivity index (χ3n) is 1.90. The van der Waals surface area contributed by atoms with Crippen LogP contribution in [0, 0.1) is 0 Å². The minimum atomic E-state index is 0.540. The molecule has 2 aromatic rings. The van der Waals surface area contributed by atoms with Crippen LogP contribution < -0.4 is 4.57 Å². The van der Waals surface area contributed by atoms with Crippen LogP contribution in [0.2, 0.25) is 0 Å². The molecular formula is C11H10N2. The van der Waals surface area contributed by atoms with Crippen molar-refractivity contribution in [3.63, 3.8) is 0 Å². The molecule has 2 rings (SSSR count). The molecule has 0 saturated heterocycles. The van der Waals surface area contributed by atoms with E-state index in [-0.39, 0.29) is 0 Å². The van der Waals surface area contributed by atoms with Gasteiger partial charge in [0.15, 0.2) is 18.1 Å². The van der Waals surface area contributed by atoms with Gasteiger partial charge in [-0.2, -0.15) is 4.57 Å². The molecule has 0 bridgehead atoms. The van der Waals surface area contributed by atoms with E-state index in [1.807, 2.05) is 53.4 Å². The van der Waals surface area contributed by atoms with Crippen LogP contribution in [0.5, 0.6) is 0 Å². The maximum atomic E-state index is 7.69. The van der Waals surface area contributed by atoms with Crippen LogP contribution in [0.15, 0.2) is 54.9 Å². The van der Waals surface area contributed by atoms with Gasteiger partial charge in [0.1, 0.15) is 0 Å². The predicted molar refractivity (Wildman–Crippen MR) is 52.0 cm³/mol. The lowest BCUT2D eigenvalue weighted by Gasteiger charge is -2.04. The van der Waals surface area contributed by atoms with E-state index < -0.39 is 0 Å². The van der Waals surface area contributed by atoms with Gasteiger partial charge in [-0.05, 0) is 0 Å². The fourth-order valence-corrected chi connectivity index (χ4v) is 1.26. The van der Waals surface area contributed by atoms with Crippen molar-refractivity contribution >= 4 is 5.69 Å². The highest BCUT2D eigenvalue weighted by Crippen LogP contribution is 2.15. The molecule has 1 N–H and O–H groups in total. The summed E-state index contributed by atoms with van der Waals surface area (Å²) in [6.45, 7) is 0. The first-order chi connectivity index (χ1) is 6.38. The number of hydrogen-bond donors (Lipinski definition) is 0. The van der Waals surface area contributed by atoms with Crippen LogP contribution in [0.3, 0.4) is 0 Å². The van der Waals surface area contributed by atoms with E-state index in [1.54, 1.807) is 6.07 Å². The van der Waals surface area contributed by atoms with Crippen molar-refractivity contribution in [2.45, 2.75) is 0 Å². The minimum Gasteiger partial charge on any atom is -0.693 e. The number of benzene rings is 1. The maximum Gasteiger partial charge on any atom is 0.195 e. The third-order valence-corrected chi connectivity index (χ3v) is 1.90. The first-order valence-electron chi connectivity index (χ1n) is 4.15. The van der Waals surface area contributed by atoms with Crippen molar-refractivity contribution in [2.24, 2.45) is 0 Å². The lowest BCUT2D eigenvalue weighted by atomic mass is 10.2. The van der Waals surface area contributed by atoms with Gasteiger partial charge < -0.3 is 5.73 Å². The number of aromatic nitrogens is 1. The summed E-state index contributed by atoms with van der Waals surface area (Å²) in [5.41, 5.74) is 9.13. The van der Waals surface area contributed by atoms with Gasteiger partial charge in [-0.15, -0.1) is 0 Å². The SMILES string of the molecule is [NH-]c1ccccc1-[n+]1ccccc1. The molecule has 2 heteroatoms. The summed E-state index contributed by atoms with van der Waals surface area (Å²) in [4.78, 5) is 0.